The topological polar surface area (TPSA) is 42.1 Å². The smallest absolute Gasteiger partial charge is 0.254 e. The van der Waals surface area contributed by atoms with Crippen LogP contribution in [0.1, 0.15) is 12.0 Å². The summed E-state index contributed by atoms with van der Waals surface area (Å²) < 4.78 is 10.2. The fourth-order valence-electron chi connectivity index (χ4n) is 2.35. The molecule has 0 N–H and O–H groups in total. The highest BCUT2D eigenvalue weighted by Crippen LogP contribution is 2.26. The number of carbonyl (C=O) groups excluding carboxylic acids is 1. The van der Waals surface area contributed by atoms with Gasteiger partial charge in [-0.3, -0.25) is 4.79 Å². The zero-order chi connectivity index (χ0) is 12.5. The van der Waals surface area contributed by atoms with Crippen molar-refractivity contribution in [3.63, 3.8) is 0 Å². The van der Waals surface area contributed by atoms with Crippen LogP contribution in [0.4, 0.5) is 0 Å². The molecule has 96 valence electrons. The molecule has 2 saturated heterocycles. The Morgan fingerprint density at radius 2 is 2.17 bits per heavy atom. The number of hydrogen-bond acceptors (Lipinski definition) is 3. The molecule has 2 unspecified atom stereocenters. The second-order valence-corrected chi connectivity index (χ2v) is 4.85. The second kappa shape index (κ2) is 4.61. The van der Waals surface area contributed by atoms with E-state index in [0.29, 0.717) is 12.6 Å². The number of likely N-dealkylation sites (tertiary alicyclic amines) is 1. The maximum Gasteiger partial charge on any atom is 0.254 e. The Kier molecular flexibility index (Phi) is 2.96. The Bertz CT molecular complexity index is 439. The van der Waals surface area contributed by atoms with Crippen molar-refractivity contribution in [1.82, 2.24) is 4.90 Å². The summed E-state index contributed by atoms with van der Waals surface area (Å²) in [5, 5.41) is 0. The first-order chi connectivity index (χ1) is 8.78. The molecule has 2 atom stereocenters. The van der Waals surface area contributed by atoms with E-state index in [4.69, 9.17) is 9.47 Å². The average molecular weight is 247 g/mol. The lowest BCUT2D eigenvalue weighted by molar-refractivity contribution is -0.140. The number of hydrogen-bond donors (Lipinski definition) is 0. The van der Waals surface area contributed by atoms with Gasteiger partial charge in [-0.1, -0.05) is 12.1 Å². The van der Waals surface area contributed by atoms with Gasteiger partial charge < -0.3 is 14.4 Å². The molecule has 3 rings (SSSR count). The van der Waals surface area contributed by atoms with Gasteiger partial charge in [0.25, 0.3) is 5.91 Å². The summed E-state index contributed by atoms with van der Waals surface area (Å²) in [6.45, 7) is 1.48. The normalized spacial score (nSPS) is 25.5. The Balaban J connectivity index is 1.60. The van der Waals surface area contributed by atoms with Crippen LogP contribution in [-0.4, -0.2) is 43.2 Å². The molecule has 0 radical (unpaired) electrons. The maximum absolute atomic E-state index is 11.9. The molecular formula is C14H17NO3. The third-order valence-corrected chi connectivity index (χ3v) is 3.67. The molecule has 2 aliphatic rings. The molecular weight excluding hydrogens is 230 g/mol. The Morgan fingerprint density at radius 3 is 2.67 bits per heavy atom. The number of carbonyl (C=O) groups is 1. The van der Waals surface area contributed by atoms with Crippen molar-refractivity contribution in [2.24, 2.45) is 0 Å². The second-order valence-electron chi connectivity index (χ2n) is 4.85. The molecule has 18 heavy (non-hydrogen) atoms. The van der Waals surface area contributed by atoms with Crippen LogP contribution in [0.5, 0.6) is 5.75 Å². The number of nitrogens with zero attached hydrogens (tertiary/aromatic N) is 1. The minimum Gasteiger partial charge on any atom is -0.497 e. The van der Waals surface area contributed by atoms with Gasteiger partial charge in [0.15, 0.2) is 6.10 Å². The van der Waals surface area contributed by atoms with E-state index in [1.807, 2.05) is 17.0 Å². The quantitative estimate of drug-likeness (QED) is 0.752. The van der Waals surface area contributed by atoms with E-state index in [9.17, 15) is 4.79 Å². The molecule has 2 fully saturated rings. The number of epoxide rings is 1. The van der Waals surface area contributed by atoms with E-state index in [2.05, 4.69) is 12.1 Å². The van der Waals surface area contributed by atoms with Crippen LogP contribution in [0.15, 0.2) is 24.3 Å². The van der Waals surface area contributed by atoms with Crippen LogP contribution < -0.4 is 4.74 Å². The van der Waals surface area contributed by atoms with Crippen LogP contribution in [0.25, 0.3) is 0 Å². The molecule has 0 spiro atoms. The summed E-state index contributed by atoms with van der Waals surface area (Å²) in [6, 6.07) is 8.39. The number of rotatable bonds is 4. The SMILES string of the molecule is COc1ccc(CC2CCN2C(=O)C2CO2)cc1. The third-order valence-electron chi connectivity index (χ3n) is 3.67. The van der Waals surface area contributed by atoms with E-state index >= 15 is 0 Å². The summed E-state index contributed by atoms with van der Waals surface area (Å²) in [6.07, 6.45) is 1.86. The first-order valence-electron chi connectivity index (χ1n) is 6.33. The highest BCUT2D eigenvalue weighted by Gasteiger charge is 2.41. The van der Waals surface area contributed by atoms with Crippen LogP contribution in [0.2, 0.25) is 0 Å². The largest absolute Gasteiger partial charge is 0.497 e. The van der Waals surface area contributed by atoms with E-state index in [0.717, 1.165) is 25.1 Å². The van der Waals surface area contributed by atoms with Gasteiger partial charge in [-0.05, 0) is 30.5 Å². The van der Waals surface area contributed by atoms with Gasteiger partial charge in [-0.25, -0.2) is 0 Å². The maximum atomic E-state index is 11.9. The van der Waals surface area contributed by atoms with Crippen molar-refractivity contribution in [3.05, 3.63) is 29.8 Å². The standard InChI is InChI=1S/C14H17NO3/c1-17-12-4-2-10(3-5-12)8-11-6-7-15(11)14(16)13-9-18-13/h2-5,11,13H,6-9H2,1H3. The molecule has 0 bridgehead atoms. The van der Waals surface area contributed by atoms with Crippen molar-refractivity contribution in [3.8, 4) is 5.75 Å². The zero-order valence-corrected chi connectivity index (χ0v) is 10.5. The van der Waals surface area contributed by atoms with Gasteiger partial charge in [-0.2, -0.15) is 0 Å². The fraction of sp³-hybridized carbons (Fsp3) is 0.500. The summed E-state index contributed by atoms with van der Waals surface area (Å²) in [7, 11) is 1.66. The molecule has 0 aromatic heterocycles. The summed E-state index contributed by atoms with van der Waals surface area (Å²) in [5.74, 6) is 1.03. The monoisotopic (exact) mass is 247 g/mol. The Hall–Kier alpha value is -1.55. The van der Waals surface area contributed by atoms with E-state index in [1.165, 1.54) is 5.56 Å². The lowest BCUT2D eigenvalue weighted by Crippen LogP contribution is -2.53. The summed E-state index contributed by atoms with van der Waals surface area (Å²) in [4.78, 5) is 13.8. The van der Waals surface area contributed by atoms with Crippen LogP contribution >= 0.6 is 0 Å². The lowest BCUT2D eigenvalue weighted by Gasteiger charge is -2.41. The predicted octanol–water partition coefficient (Wildman–Crippen LogP) is 1.24. The number of benzene rings is 1. The van der Waals surface area contributed by atoms with Crippen LogP contribution in [-0.2, 0) is 16.0 Å². The van der Waals surface area contributed by atoms with Crippen molar-refractivity contribution in [2.45, 2.75) is 25.0 Å². The van der Waals surface area contributed by atoms with Gasteiger partial charge in [0.1, 0.15) is 5.75 Å². The van der Waals surface area contributed by atoms with E-state index in [-0.39, 0.29) is 12.0 Å². The minimum absolute atomic E-state index is 0.149. The lowest BCUT2D eigenvalue weighted by atomic mass is 9.94. The third kappa shape index (κ3) is 2.20. The van der Waals surface area contributed by atoms with Crippen molar-refractivity contribution in [1.29, 1.82) is 0 Å². The first-order valence-corrected chi connectivity index (χ1v) is 6.33. The van der Waals surface area contributed by atoms with Gasteiger partial charge in [-0.15, -0.1) is 0 Å². The van der Waals surface area contributed by atoms with Crippen molar-refractivity contribution < 1.29 is 14.3 Å². The van der Waals surface area contributed by atoms with Gasteiger partial charge in [0, 0.05) is 12.6 Å². The van der Waals surface area contributed by atoms with Crippen molar-refractivity contribution in [2.75, 3.05) is 20.3 Å². The van der Waals surface area contributed by atoms with Crippen molar-refractivity contribution >= 4 is 5.91 Å². The molecule has 1 amide bonds. The van der Waals surface area contributed by atoms with Crippen LogP contribution in [0, 0.1) is 0 Å². The molecule has 2 aliphatic heterocycles. The highest BCUT2D eigenvalue weighted by atomic mass is 16.6. The molecule has 2 heterocycles. The van der Waals surface area contributed by atoms with Gasteiger partial charge in [0.2, 0.25) is 0 Å². The molecule has 1 aromatic carbocycles. The summed E-state index contributed by atoms with van der Waals surface area (Å²) in [5.41, 5.74) is 1.25. The Labute approximate surface area is 106 Å². The predicted molar refractivity (Wildman–Crippen MR) is 66.6 cm³/mol. The fourth-order valence-corrected chi connectivity index (χ4v) is 2.35. The number of methoxy groups -OCH3 is 1. The van der Waals surface area contributed by atoms with Gasteiger partial charge in [0.05, 0.1) is 13.7 Å². The number of ether oxygens (including phenoxy) is 2. The molecule has 0 saturated carbocycles. The van der Waals surface area contributed by atoms with Crippen LogP contribution in [0.3, 0.4) is 0 Å². The summed E-state index contributed by atoms with van der Waals surface area (Å²) >= 11 is 0. The first kappa shape index (κ1) is 11.5. The molecule has 1 aromatic rings. The zero-order valence-electron chi connectivity index (χ0n) is 10.5. The highest BCUT2D eigenvalue weighted by molar-refractivity contribution is 5.84. The molecule has 4 nitrogen and oxygen atoms in total. The molecule has 4 heteroatoms. The number of amides is 1. The van der Waals surface area contributed by atoms with E-state index < -0.39 is 0 Å². The Morgan fingerprint density at radius 1 is 1.44 bits per heavy atom. The molecule has 0 aliphatic carbocycles. The minimum atomic E-state index is -0.149. The van der Waals surface area contributed by atoms with E-state index in [1.54, 1.807) is 7.11 Å². The van der Waals surface area contributed by atoms with Gasteiger partial charge >= 0.3 is 0 Å². The average Bonchev–Trinajstić information content (AvgIpc) is 3.19.